The summed E-state index contributed by atoms with van der Waals surface area (Å²) in [5.74, 6) is 0.271. The van der Waals surface area contributed by atoms with Crippen molar-refractivity contribution in [1.29, 1.82) is 0 Å². The van der Waals surface area contributed by atoms with Gasteiger partial charge in [-0.3, -0.25) is 9.59 Å². The first-order valence-corrected chi connectivity index (χ1v) is 11.5. The van der Waals surface area contributed by atoms with Crippen LogP contribution in [0.2, 0.25) is 0 Å². The Balaban J connectivity index is 1.54. The molecule has 0 radical (unpaired) electrons. The maximum atomic E-state index is 13.3. The van der Waals surface area contributed by atoms with Crippen molar-refractivity contribution in [2.45, 2.75) is 26.2 Å². The Labute approximate surface area is 194 Å². The topological polar surface area (TPSA) is 59.1 Å². The van der Waals surface area contributed by atoms with Crippen molar-refractivity contribution < 1.29 is 23.5 Å². The number of ether oxygens (including phenoxy) is 2. The molecule has 2 saturated heterocycles. The number of benzene rings is 2. The third kappa shape index (κ3) is 5.71. The van der Waals surface area contributed by atoms with E-state index in [9.17, 15) is 14.0 Å². The predicted molar refractivity (Wildman–Crippen MR) is 123 cm³/mol. The zero-order valence-electron chi connectivity index (χ0n) is 19.1. The van der Waals surface area contributed by atoms with E-state index in [-0.39, 0.29) is 24.2 Å². The first-order chi connectivity index (χ1) is 16.0. The Hall–Kier alpha value is -2.93. The molecule has 2 aliphatic rings. The summed E-state index contributed by atoms with van der Waals surface area (Å²) in [7, 11) is 0. The van der Waals surface area contributed by atoms with Gasteiger partial charge in [-0.05, 0) is 55.7 Å². The van der Waals surface area contributed by atoms with Gasteiger partial charge in [0, 0.05) is 43.6 Å². The fourth-order valence-electron chi connectivity index (χ4n) is 4.69. The van der Waals surface area contributed by atoms with E-state index < -0.39 is 5.41 Å². The highest BCUT2D eigenvalue weighted by Gasteiger charge is 2.41. The number of piperidine rings is 1. The molecular formula is C26H31FN2O4. The van der Waals surface area contributed by atoms with Gasteiger partial charge in [0.25, 0.3) is 5.91 Å². The summed E-state index contributed by atoms with van der Waals surface area (Å²) < 4.78 is 24.7. The van der Waals surface area contributed by atoms with Crippen molar-refractivity contribution >= 4 is 11.8 Å². The molecule has 0 aliphatic carbocycles. The minimum atomic E-state index is -0.514. The SMILES string of the molecule is Cc1ccccc1C(=O)N1CCC[C@@](COc2ccc(F)cc2)(CC(=O)N2CCOCC2)C1. The van der Waals surface area contributed by atoms with E-state index in [0.717, 1.165) is 18.4 Å². The van der Waals surface area contributed by atoms with E-state index in [4.69, 9.17) is 9.47 Å². The van der Waals surface area contributed by atoms with E-state index in [1.165, 1.54) is 12.1 Å². The Kier molecular flexibility index (Phi) is 7.28. The largest absolute Gasteiger partial charge is 0.493 e. The van der Waals surface area contributed by atoms with Crippen molar-refractivity contribution in [2.75, 3.05) is 46.0 Å². The van der Waals surface area contributed by atoms with E-state index in [1.54, 1.807) is 12.1 Å². The maximum Gasteiger partial charge on any atom is 0.254 e. The van der Waals surface area contributed by atoms with Crippen LogP contribution >= 0.6 is 0 Å². The first kappa shape index (κ1) is 23.2. The molecule has 0 unspecified atom stereocenters. The molecule has 2 amide bonds. The summed E-state index contributed by atoms with van der Waals surface area (Å²) in [5, 5.41) is 0. The lowest BCUT2D eigenvalue weighted by molar-refractivity contribution is -0.139. The van der Waals surface area contributed by atoms with E-state index in [2.05, 4.69) is 0 Å². The van der Waals surface area contributed by atoms with Crippen LogP contribution in [0.1, 0.15) is 35.2 Å². The number of rotatable bonds is 6. The smallest absolute Gasteiger partial charge is 0.254 e. The minimum Gasteiger partial charge on any atom is -0.493 e. The molecule has 7 heteroatoms. The van der Waals surface area contributed by atoms with Crippen LogP contribution in [-0.2, 0) is 9.53 Å². The van der Waals surface area contributed by atoms with Crippen LogP contribution in [-0.4, -0.2) is 67.6 Å². The molecule has 0 saturated carbocycles. The summed E-state index contributed by atoms with van der Waals surface area (Å²) in [6, 6.07) is 13.5. The zero-order valence-corrected chi connectivity index (χ0v) is 19.1. The second-order valence-corrected chi connectivity index (χ2v) is 9.06. The molecule has 4 rings (SSSR count). The number of hydrogen-bond acceptors (Lipinski definition) is 4. The van der Waals surface area contributed by atoms with Crippen molar-refractivity contribution in [3.63, 3.8) is 0 Å². The highest BCUT2D eigenvalue weighted by atomic mass is 19.1. The molecule has 2 aliphatic heterocycles. The Morgan fingerprint density at radius 1 is 1.03 bits per heavy atom. The normalized spacial score (nSPS) is 21.0. The Morgan fingerprint density at radius 2 is 1.76 bits per heavy atom. The minimum absolute atomic E-state index is 0.0159. The van der Waals surface area contributed by atoms with Gasteiger partial charge in [-0.25, -0.2) is 4.39 Å². The Bertz CT molecular complexity index is 975. The first-order valence-electron chi connectivity index (χ1n) is 11.5. The number of halogens is 1. The summed E-state index contributed by atoms with van der Waals surface area (Å²) in [6.45, 7) is 5.57. The highest BCUT2D eigenvalue weighted by molar-refractivity contribution is 5.95. The summed E-state index contributed by atoms with van der Waals surface area (Å²) in [5.41, 5.74) is 1.11. The molecule has 0 bridgehead atoms. The van der Waals surface area contributed by atoms with Crippen molar-refractivity contribution in [2.24, 2.45) is 5.41 Å². The average molecular weight is 455 g/mol. The van der Waals surface area contributed by atoms with Crippen LogP contribution in [0.25, 0.3) is 0 Å². The number of amides is 2. The molecule has 33 heavy (non-hydrogen) atoms. The van der Waals surface area contributed by atoms with Gasteiger partial charge >= 0.3 is 0 Å². The fourth-order valence-corrected chi connectivity index (χ4v) is 4.69. The second kappa shape index (κ2) is 10.3. The average Bonchev–Trinajstić information content (AvgIpc) is 2.84. The molecule has 0 aromatic heterocycles. The maximum absolute atomic E-state index is 13.3. The molecule has 2 fully saturated rings. The van der Waals surface area contributed by atoms with E-state index >= 15 is 0 Å². The second-order valence-electron chi connectivity index (χ2n) is 9.06. The molecule has 1 atom stereocenters. The number of aryl methyl sites for hydroxylation is 1. The molecular weight excluding hydrogens is 423 g/mol. The molecule has 176 valence electrons. The molecule has 0 spiro atoms. The number of likely N-dealkylation sites (tertiary alicyclic amines) is 1. The van der Waals surface area contributed by atoms with Gasteiger partial charge in [-0.15, -0.1) is 0 Å². The van der Waals surface area contributed by atoms with Gasteiger partial charge in [0.1, 0.15) is 11.6 Å². The van der Waals surface area contributed by atoms with Gasteiger partial charge in [0.15, 0.2) is 0 Å². The lowest BCUT2D eigenvalue weighted by atomic mass is 9.77. The highest BCUT2D eigenvalue weighted by Crippen LogP contribution is 2.36. The number of morpholine rings is 1. The van der Waals surface area contributed by atoms with Crippen LogP contribution in [0, 0.1) is 18.2 Å². The summed E-state index contributed by atoms with van der Waals surface area (Å²) in [4.78, 5) is 30.2. The lowest BCUT2D eigenvalue weighted by Gasteiger charge is -2.43. The summed E-state index contributed by atoms with van der Waals surface area (Å²) >= 11 is 0. The standard InChI is InChI=1S/C26H31FN2O4/c1-20-5-2-3-6-23(20)25(31)29-12-4-11-26(18-29,17-24(30)28-13-15-32-16-14-28)19-33-22-9-7-21(27)8-10-22/h2-3,5-10H,4,11-19H2,1H3/t26-/m1/s1. The number of carbonyl (C=O) groups excluding carboxylic acids is 2. The number of hydrogen-bond donors (Lipinski definition) is 0. The van der Waals surface area contributed by atoms with Crippen molar-refractivity contribution in [1.82, 2.24) is 9.80 Å². The molecule has 0 N–H and O–H groups in total. The fraction of sp³-hybridized carbons (Fsp3) is 0.462. The van der Waals surface area contributed by atoms with Gasteiger partial charge in [-0.1, -0.05) is 18.2 Å². The monoisotopic (exact) mass is 454 g/mol. The number of nitrogens with zero attached hydrogens (tertiary/aromatic N) is 2. The van der Waals surface area contributed by atoms with Gasteiger partial charge < -0.3 is 19.3 Å². The lowest BCUT2D eigenvalue weighted by Crippen LogP contribution is -2.52. The van der Waals surface area contributed by atoms with E-state index in [0.29, 0.717) is 57.1 Å². The third-order valence-corrected chi connectivity index (χ3v) is 6.57. The molecule has 2 aromatic carbocycles. The van der Waals surface area contributed by atoms with Crippen LogP contribution < -0.4 is 4.74 Å². The van der Waals surface area contributed by atoms with Gasteiger partial charge in [-0.2, -0.15) is 0 Å². The quantitative estimate of drug-likeness (QED) is 0.668. The molecule has 6 nitrogen and oxygen atoms in total. The van der Waals surface area contributed by atoms with Crippen LogP contribution in [0.4, 0.5) is 4.39 Å². The predicted octanol–water partition coefficient (Wildman–Crippen LogP) is 3.68. The van der Waals surface area contributed by atoms with E-state index in [1.807, 2.05) is 41.0 Å². The summed E-state index contributed by atoms with van der Waals surface area (Å²) in [6.07, 6.45) is 1.87. The van der Waals surface area contributed by atoms with Crippen molar-refractivity contribution in [3.05, 3.63) is 65.5 Å². The third-order valence-electron chi connectivity index (χ3n) is 6.57. The van der Waals surface area contributed by atoms with Crippen LogP contribution in [0.3, 0.4) is 0 Å². The van der Waals surface area contributed by atoms with Crippen molar-refractivity contribution in [3.8, 4) is 5.75 Å². The zero-order chi connectivity index (χ0) is 23.3. The van der Waals surface area contributed by atoms with Gasteiger partial charge in [0.05, 0.1) is 19.8 Å². The molecule has 2 aromatic rings. The molecule has 2 heterocycles. The van der Waals surface area contributed by atoms with Gasteiger partial charge in [0.2, 0.25) is 5.91 Å². The number of carbonyl (C=O) groups is 2. The van der Waals surface area contributed by atoms with Crippen LogP contribution in [0.5, 0.6) is 5.75 Å². The Morgan fingerprint density at radius 3 is 2.48 bits per heavy atom. The van der Waals surface area contributed by atoms with Crippen LogP contribution in [0.15, 0.2) is 48.5 Å².